The largest absolute Gasteiger partial charge is 0.361 e. The minimum atomic E-state index is -4.28. The number of aromatic amines is 1. The van der Waals surface area contributed by atoms with E-state index in [4.69, 9.17) is 0 Å². The quantitative estimate of drug-likeness (QED) is 0.692. The predicted octanol–water partition coefficient (Wildman–Crippen LogP) is 3.11. The Kier molecular flexibility index (Phi) is 4.33. The summed E-state index contributed by atoms with van der Waals surface area (Å²) in [5.41, 5.74) is 1.81. The van der Waals surface area contributed by atoms with Crippen molar-refractivity contribution in [2.45, 2.75) is 11.3 Å². The van der Waals surface area contributed by atoms with Gasteiger partial charge in [-0.25, -0.2) is 26.3 Å². The van der Waals surface area contributed by atoms with Crippen molar-refractivity contribution in [3.05, 3.63) is 65.6 Å². The number of H-pyrrole nitrogens is 1. The number of nitrogens with one attached hydrogen (secondary N) is 2. The van der Waals surface area contributed by atoms with E-state index in [1.165, 1.54) is 0 Å². The number of hydrogen-bond donors (Lipinski definition) is 2. The van der Waals surface area contributed by atoms with Gasteiger partial charge in [0, 0.05) is 23.6 Å². The first kappa shape index (κ1) is 16.5. The van der Waals surface area contributed by atoms with Gasteiger partial charge in [-0.15, -0.1) is 0 Å². The van der Waals surface area contributed by atoms with E-state index < -0.39 is 32.4 Å². The van der Waals surface area contributed by atoms with Crippen LogP contribution >= 0.6 is 0 Å². The summed E-state index contributed by atoms with van der Waals surface area (Å²) in [6, 6.07) is 8.79. The third-order valence-corrected chi connectivity index (χ3v) is 5.13. The Morgan fingerprint density at radius 1 is 1.00 bits per heavy atom. The second-order valence-electron chi connectivity index (χ2n) is 5.18. The lowest BCUT2D eigenvalue weighted by Crippen LogP contribution is -2.27. The van der Waals surface area contributed by atoms with E-state index in [2.05, 4.69) is 9.71 Å². The van der Waals surface area contributed by atoms with Gasteiger partial charge in [0.15, 0.2) is 17.5 Å². The fourth-order valence-corrected chi connectivity index (χ4v) is 3.55. The van der Waals surface area contributed by atoms with Crippen LogP contribution in [0.25, 0.3) is 10.9 Å². The van der Waals surface area contributed by atoms with Crippen LogP contribution in [0.5, 0.6) is 0 Å². The van der Waals surface area contributed by atoms with Gasteiger partial charge in [-0.1, -0.05) is 18.2 Å². The number of benzene rings is 2. The van der Waals surface area contributed by atoms with Gasteiger partial charge in [-0.2, -0.15) is 0 Å². The van der Waals surface area contributed by atoms with E-state index >= 15 is 0 Å². The summed E-state index contributed by atoms with van der Waals surface area (Å²) in [7, 11) is -4.28. The highest BCUT2D eigenvalue weighted by molar-refractivity contribution is 7.89. The lowest BCUT2D eigenvalue weighted by Gasteiger charge is -2.08. The summed E-state index contributed by atoms with van der Waals surface area (Å²) < 4.78 is 66.0. The van der Waals surface area contributed by atoms with E-state index in [9.17, 15) is 21.6 Å². The van der Waals surface area contributed by atoms with Gasteiger partial charge in [0.1, 0.15) is 4.90 Å². The van der Waals surface area contributed by atoms with Crippen LogP contribution in [0.2, 0.25) is 0 Å². The number of para-hydroxylation sites is 1. The number of fused-ring (bicyclic) bond motifs is 1. The Bertz CT molecular complexity index is 1000. The molecular weight excluding hydrogens is 341 g/mol. The van der Waals surface area contributed by atoms with Crippen LogP contribution in [0.4, 0.5) is 13.2 Å². The molecule has 0 atom stereocenters. The standard InChI is InChI=1S/C16H13F3N2O2S/c17-12-5-6-14(16(19)15(12)18)24(22,23)21-8-7-10-9-20-13-4-2-1-3-11(10)13/h1-6,9,20-21H,7-8H2. The second kappa shape index (κ2) is 6.29. The molecule has 1 heterocycles. The van der Waals surface area contributed by atoms with Gasteiger partial charge in [-0.3, -0.25) is 0 Å². The number of rotatable bonds is 5. The van der Waals surface area contributed by atoms with Crippen LogP contribution < -0.4 is 4.72 Å². The van der Waals surface area contributed by atoms with Crippen molar-refractivity contribution in [3.63, 3.8) is 0 Å². The molecule has 0 spiro atoms. The molecule has 126 valence electrons. The highest BCUT2D eigenvalue weighted by Crippen LogP contribution is 2.20. The molecule has 0 amide bonds. The van der Waals surface area contributed by atoms with Gasteiger partial charge in [0.2, 0.25) is 10.0 Å². The average Bonchev–Trinajstić information content (AvgIpc) is 2.96. The molecule has 0 aliphatic heterocycles. The zero-order valence-corrected chi connectivity index (χ0v) is 13.1. The highest BCUT2D eigenvalue weighted by Gasteiger charge is 2.23. The van der Waals surface area contributed by atoms with Crippen molar-refractivity contribution >= 4 is 20.9 Å². The molecule has 0 unspecified atom stereocenters. The fraction of sp³-hybridized carbons (Fsp3) is 0.125. The Labute approximate surface area is 136 Å². The summed E-state index contributed by atoms with van der Waals surface area (Å²) in [6.07, 6.45) is 2.12. The summed E-state index contributed by atoms with van der Waals surface area (Å²) in [5.74, 6) is -4.98. The summed E-state index contributed by atoms with van der Waals surface area (Å²) in [6.45, 7) is -0.0113. The van der Waals surface area contributed by atoms with Crippen molar-refractivity contribution in [1.29, 1.82) is 0 Å². The van der Waals surface area contributed by atoms with Gasteiger partial charge in [-0.05, 0) is 30.2 Å². The smallest absolute Gasteiger partial charge is 0.243 e. The van der Waals surface area contributed by atoms with E-state index in [-0.39, 0.29) is 6.54 Å². The maximum atomic E-state index is 13.6. The predicted molar refractivity (Wildman–Crippen MR) is 83.5 cm³/mol. The average molecular weight is 354 g/mol. The SMILES string of the molecule is O=S(=O)(NCCc1c[nH]c2ccccc12)c1ccc(F)c(F)c1F. The fourth-order valence-electron chi connectivity index (χ4n) is 2.45. The molecule has 3 rings (SSSR count). The molecule has 0 saturated carbocycles. The van der Waals surface area contributed by atoms with E-state index in [1.54, 1.807) is 6.20 Å². The Morgan fingerprint density at radius 2 is 1.75 bits per heavy atom. The molecule has 0 aliphatic carbocycles. The maximum Gasteiger partial charge on any atom is 0.243 e. The minimum absolute atomic E-state index is 0.0113. The molecule has 3 aromatic rings. The monoisotopic (exact) mass is 354 g/mol. The van der Waals surface area contributed by atoms with Gasteiger partial charge >= 0.3 is 0 Å². The molecule has 2 aromatic carbocycles. The topological polar surface area (TPSA) is 62.0 Å². The maximum absolute atomic E-state index is 13.6. The molecule has 1 aromatic heterocycles. The Morgan fingerprint density at radius 3 is 2.54 bits per heavy atom. The molecule has 0 aliphatic rings. The molecular formula is C16H13F3N2O2S. The first-order valence-electron chi connectivity index (χ1n) is 7.08. The first-order chi connectivity index (χ1) is 11.4. The summed E-state index contributed by atoms with van der Waals surface area (Å²) in [5, 5.41) is 0.954. The van der Waals surface area contributed by atoms with Crippen molar-refractivity contribution in [3.8, 4) is 0 Å². The van der Waals surface area contributed by atoms with E-state index in [1.807, 2.05) is 24.3 Å². The van der Waals surface area contributed by atoms with Crippen molar-refractivity contribution < 1.29 is 21.6 Å². The molecule has 0 bridgehead atoms. The number of sulfonamides is 1. The Hall–Kier alpha value is -2.32. The third kappa shape index (κ3) is 3.02. The van der Waals surface area contributed by atoms with E-state index in [0.717, 1.165) is 16.5 Å². The molecule has 2 N–H and O–H groups in total. The molecule has 0 fully saturated rings. The lowest BCUT2D eigenvalue weighted by atomic mass is 10.1. The number of hydrogen-bond acceptors (Lipinski definition) is 2. The normalized spacial score (nSPS) is 12.0. The zero-order valence-electron chi connectivity index (χ0n) is 12.3. The Balaban J connectivity index is 1.75. The molecule has 4 nitrogen and oxygen atoms in total. The van der Waals surface area contributed by atoms with Crippen LogP contribution in [0, 0.1) is 17.5 Å². The third-order valence-electron chi connectivity index (χ3n) is 3.65. The van der Waals surface area contributed by atoms with Crippen molar-refractivity contribution in [1.82, 2.24) is 9.71 Å². The van der Waals surface area contributed by atoms with Crippen molar-refractivity contribution in [2.24, 2.45) is 0 Å². The summed E-state index contributed by atoms with van der Waals surface area (Å²) >= 11 is 0. The van der Waals surface area contributed by atoms with Crippen LogP contribution in [-0.2, 0) is 16.4 Å². The van der Waals surface area contributed by atoms with Crippen LogP contribution in [-0.4, -0.2) is 19.9 Å². The molecule has 24 heavy (non-hydrogen) atoms. The summed E-state index contributed by atoms with van der Waals surface area (Å²) in [4.78, 5) is 2.15. The lowest BCUT2D eigenvalue weighted by molar-refractivity contribution is 0.431. The van der Waals surface area contributed by atoms with Gasteiger partial charge < -0.3 is 4.98 Å². The van der Waals surface area contributed by atoms with Gasteiger partial charge in [0.05, 0.1) is 0 Å². The van der Waals surface area contributed by atoms with E-state index in [0.29, 0.717) is 18.6 Å². The van der Waals surface area contributed by atoms with Crippen LogP contribution in [0.3, 0.4) is 0 Å². The van der Waals surface area contributed by atoms with Crippen LogP contribution in [0.15, 0.2) is 47.5 Å². The number of halogens is 3. The van der Waals surface area contributed by atoms with Crippen LogP contribution in [0.1, 0.15) is 5.56 Å². The van der Waals surface area contributed by atoms with Gasteiger partial charge in [0.25, 0.3) is 0 Å². The van der Waals surface area contributed by atoms with Crippen molar-refractivity contribution in [2.75, 3.05) is 6.54 Å². The second-order valence-corrected chi connectivity index (χ2v) is 6.92. The molecule has 0 radical (unpaired) electrons. The molecule has 8 heteroatoms. The molecule has 0 saturated heterocycles. The number of aromatic nitrogens is 1. The highest BCUT2D eigenvalue weighted by atomic mass is 32.2. The zero-order chi connectivity index (χ0) is 17.3. The first-order valence-corrected chi connectivity index (χ1v) is 8.56. The minimum Gasteiger partial charge on any atom is -0.361 e.